The lowest BCUT2D eigenvalue weighted by atomic mass is 9.88. The molecule has 0 aliphatic carbocycles. The molecule has 0 saturated carbocycles. The topological polar surface area (TPSA) is 32.5 Å². The summed E-state index contributed by atoms with van der Waals surface area (Å²) >= 11 is 5.12. The summed E-state index contributed by atoms with van der Waals surface area (Å²) in [6.45, 7) is 11.4. The van der Waals surface area contributed by atoms with Gasteiger partial charge in [-0.2, -0.15) is 0 Å². The molecule has 106 valence electrons. The number of nitrogens with zero attached hydrogens (tertiary/aromatic N) is 2. The molecule has 0 bridgehead atoms. The molecule has 0 aromatic carbocycles. The Hall–Kier alpha value is -0.190. The van der Waals surface area contributed by atoms with E-state index in [1.54, 1.807) is 0 Å². The molecule has 0 radical (unpaired) electrons. The monoisotopic (exact) mass is 271 g/mol. The van der Waals surface area contributed by atoms with E-state index in [2.05, 4.69) is 37.6 Å². The molecule has 1 aliphatic rings. The van der Waals surface area contributed by atoms with Crippen molar-refractivity contribution < 1.29 is 0 Å². The smallest absolute Gasteiger partial charge is 0.0784 e. The summed E-state index contributed by atoms with van der Waals surface area (Å²) in [6.07, 6.45) is 3.54. The fourth-order valence-corrected chi connectivity index (χ4v) is 2.70. The second kappa shape index (κ2) is 6.83. The van der Waals surface area contributed by atoms with Crippen LogP contribution in [-0.2, 0) is 0 Å². The fraction of sp³-hybridized carbons (Fsp3) is 0.929. The van der Waals surface area contributed by atoms with Gasteiger partial charge in [-0.1, -0.05) is 26.1 Å². The van der Waals surface area contributed by atoms with Crippen LogP contribution in [0.2, 0.25) is 0 Å². The second-order valence-electron chi connectivity index (χ2n) is 6.35. The Morgan fingerprint density at radius 3 is 2.67 bits per heavy atom. The molecule has 1 saturated heterocycles. The molecule has 1 fully saturated rings. The third-order valence-electron chi connectivity index (χ3n) is 4.10. The molecule has 2 N–H and O–H groups in total. The van der Waals surface area contributed by atoms with Gasteiger partial charge in [-0.15, -0.1) is 0 Å². The molecule has 1 aliphatic heterocycles. The first-order valence-corrected chi connectivity index (χ1v) is 7.46. The lowest BCUT2D eigenvalue weighted by Crippen LogP contribution is -2.39. The van der Waals surface area contributed by atoms with Gasteiger partial charge in [0, 0.05) is 18.0 Å². The van der Waals surface area contributed by atoms with Gasteiger partial charge in [0.25, 0.3) is 0 Å². The van der Waals surface area contributed by atoms with Crippen LogP contribution in [0.3, 0.4) is 0 Å². The number of nitrogens with two attached hydrogens (primary N) is 1. The normalized spacial score (nSPS) is 23.9. The highest BCUT2D eigenvalue weighted by atomic mass is 32.1. The van der Waals surface area contributed by atoms with Crippen molar-refractivity contribution in [2.75, 3.05) is 33.2 Å². The summed E-state index contributed by atoms with van der Waals surface area (Å²) in [7, 11) is 2.22. The predicted molar refractivity (Wildman–Crippen MR) is 82.9 cm³/mol. The van der Waals surface area contributed by atoms with Crippen molar-refractivity contribution in [1.82, 2.24) is 9.80 Å². The molecule has 18 heavy (non-hydrogen) atoms. The zero-order chi connectivity index (χ0) is 13.8. The Kier molecular flexibility index (Phi) is 6.02. The maximum atomic E-state index is 5.77. The van der Waals surface area contributed by atoms with Crippen molar-refractivity contribution in [3.63, 3.8) is 0 Å². The van der Waals surface area contributed by atoms with E-state index < -0.39 is 0 Å². The number of likely N-dealkylation sites (N-methyl/N-ethyl adjacent to an activating group) is 1. The predicted octanol–water partition coefficient (Wildman–Crippen LogP) is 2.10. The average Bonchev–Trinajstić information content (AvgIpc) is 2.40. The molecule has 0 spiro atoms. The molecule has 0 aromatic heterocycles. The van der Waals surface area contributed by atoms with E-state index in [-0.39, 0.29) is 5.41 Å². The third kappa shape index (κ3) is 4.82. The van der Waals surface area contributed by atoms with Gasteiger partial charge in [-0.05, 0) is 52.9 Å². The van der Waals surface area contributed by atoms with Crippen LogP contribution in [0, 0.1) is 5.41 Å². The molecule has 0 amide bonds. The van der Waals surface area contributed by atoms with Gasteiger partial charge in [0.15, 0.2) is 0 Å². The second-order valence-corrected chi connectivity index (χ2v) is 6.79. The molecule has 0 aromatic rings. The van der Waals surface area contributed by atoms with Gasteiger partial charge in [-0.25, -0.2) is 0 Å². The van der Waals surface area contributed by atoms with E-state index in [0.717, 1.165) is 6.42 Å². The van der Waals surface area contributed by atoms with Crippen molar-refractivity contribution in [2.45, 2.75) is 46.1 Å². The van der Waals surface area contributed by atoms with Crippen LogP contribution in [-0.4, -0.2) is 54.1 Å². The molecule has 1 rings (SSSR count). The van der Waals surface area contributed by atoms with E-state index >= 15 is 0 Å². The Bertz CT molecular complexity index is 278. The summed E-state index contributed by atoms with van der Waals surface area (Å²) < 4.78 is 0. The Morgan fingerprint density at radius 1 is 1.39 bits per heavy atom. The van der Waals surface area contributed by atoms with Crippen molar-refractivity contribution in [3.8, 4) is 0 Å². The Labute approximate surface area is 118 Å². The summed E-state index contributed by atoms with van der Waals surface area (Å²) in [5, 5.41) is 0. The van der Waals surface area contributed by atoms with Crippen LogP contribution in [0.5, 0.6) is 0 Å². The van der Waals surface area contributed by atoms with Gasteiger partial charge < -0.3 is 10.6 Å². The van der Waals surface area contributed by atoms with Crippen LogP contribution < -0.4 is 5.73 Å². The van der Waals surface area contributed by atoms with Crippen LogP contribution in [0.4, 0.5) is 0 Å². The summed E-state index contributed by atoms with van der Waals surface area (Å²) in [5.74, 6) is 0. The number of rotatable bonds is 5. The van der Waals surface area contributed by atoms with Gasteiger partial charge in [0.2, 0.25) is 0 Å². The standard InChI is InChI=1S/C14H29N3S/c1-12-11-16(4)8-6-10-17(12)9-5-7-14(2,3)13(15)18/h12H,5-11H2,1-4H3,(H2,15,18). The number of hydrogen-bond donors (Lipinski definition) is 1. The van der Waals surface area contributed by atoms with Gasteiger partial charge in [0.05, 0.1) is 4.99 Å². The first-order valence-electron chi connectivity index (χ1n) is 7.05. The zero-order valence-electron chi connectivity index (χ0n) is 12.4. The van der Waals surface area contributed by atoms with E-state index in [9.17, 15) is 0 Å². The average molecular weight is 271 g/mol. The van der Waals surface area contributed by atoms with Gasteiger partial charge in [0.1, 0.15) is 0 Å². The van der Waals surface area contributed by atoms with E-state index in [1.807, 2.05) is 0 Å². The number of thiocarbonyl (C=S) groups is 1. The minimum Gasteiger partial charge on any atom is -0.393 e. The van der Waals surface area contributed by atoms with Crippen LogP contribution >= 0.6 is 12.2 Å². The first-order chi connectivity index (χ1) is 8.33. The summed E-state index contributed by atoms with van der Waals surface area (Å²) in [5.41, 5.74) is 5.77. The zero-order valence-corrected chi connectivity index (χ0v) is 13.2. The molecule has 1 atom stereocenters. The summed E-state index contributed by atoms with van der Waals surface area (Å²) in [4.78, 5) is 5.69. The minimum absolute atomic E-state index is 0.00120. The maximum Gasteiger partial charge on any atom is 0.0784 e. The highest BCUT2D eigenvalue weighted by Gasteiger charge is 2.23. The molecule has 1 heterocycles. The van der Waals surface area contributed by atoms with Crippen molar-refractivity contribution >= 4 is 17.2 Å². The maximum absolute atomic E-state index is 5.77. The Morgan fingerprint density at radius 2 is 2.06 bits per heavy atom. The van der Waals surface area contributed by atoms with E-state index in [0.29, 0.717) is 11.0 Å². The molecule has 4 heteroatoms. The molecular formula is C14H29N3S. The van der Waals surface area contributed by atoms with Crippen LogP contribution in [0.15, 0.2) is 0 Å². The van der Waals surface area contributed by atoms with Crippen LogP contribution in [0.1, 0.15) is 40.0 Å². The summed E-state index contributed by atoms with van der Waals surface area (Å²) in [6, 6.07) is 0.658. The van der Waals surface area contributed by atoms with E-state index in [4.69, 9.17) is 18.0 Å². The van der Waals surface area contributed by atoms with E-state index in [1.165, 1.54) is 39.0 Å². The lowest BCUT2D eigenvalue weighted by molar-refractivity contribution is 0.194. The highest BCUT2D eigenvalue weighted by molar-refractivity contribution is 7.80. The van der Waals surface area contributed by atoms with Crippen molar-refractivity contribution in [2.24, 2.45) is 11.1 Å². The fourth-order valence-electron chi connectivity index (χ4n) is 2.60. The van der Waals surface area contributed by atoms with Gasteiger partial charge in [-0.3, -0.25) is 4.90 Å². The first kappa shape index (κ1) is 15.9. The third-order valence-corrected chi connectivity index (χ3v) is 4.65. The molecule has 3 nitrogen and oxygen atoms in total. The Balaban J connectivity index is 2.36. The number of hydrogen-bond acceptors (Lipinski definition) is 3. The molecular weight excluding hydrogens is 242 g/mol. The largest absolute Gasteiger partial charge is 0.393 e. The van der Waals surface area contributed by atoms with Crippen molar-refractivity contribution in [1.29, 1.82) is 0 Å². The minimum atomic E-state index is 0.00120. The van der Waals surface area contributed by atoms with Crippen LogP contribution in [0.25, 0.3) is 0 Å². The van der Waals surface area contributed by atoms with Gasteiger partial charge >= 0.3 is 0 Å². The van der Waals surface area contributed by atoms with Crippen molar-refractivity contribution in [3.05, 3.63) is 0 Å². The SMILES string of the molecule is CC1CN(C)CCCN1CCCC(C)(C)C(N)=S. The lowest BCUT2D eigenvalue weighted by Gasteiger charge is -2.29. The molecule has 1 unspecified atom stereocenters. The quantitative estimate of drug-likeness (QED) is 0.776. The highest BCUT2D eigenvalue weighted by Crippen LogP contribution is 2.23.